The average molecular weight is 411 g/mol. The normalized spacial score (nSPS) is 11.4. The molecule has 4 rings (SSSR count). The van der Waals surface area contributed by atoms with Gasteiger partial charge in [-0.3, -0.25) is 0 Å². The zero-order chi connectivity index (χ0) is 20.4. The van der Waals surface area contributed by atoms with Crippen LogP contribution in [0.4, 0.5) is 11.5 Å². The molecule has 0 bridgehead atoms. The van der Waals surface area contributed by atoms with E-state index >= 15 is 0 Å². The molecule has 0 spiro atoms. The summed E-state index contributed by atoms with van der Waals surface area (Å²) in [5.41, 5.74) is 1.16. The number of carbonyl (C=O) groups excluding carboxylic acids is 1. The minimum atomic E-state index is -0.682. The van der Waals surface area contributed by atoms with E-state index in [2.05, 4.69) is 20.3 Å². The van der Waals surface area contributed by atoms with E-state index in [1.165, 1.54) is 9.08 Å². The second-order valence-corrected chi connectivity index (χ2v) is 6.30. The van der Waals surface area contributed by atoms with Crippen LogP contribution in [0.5, 0.6) is 5.88 Å². The molecule has 9 nitrogen and oxygen atoms in total. The van der Waals surface area contributed by atoms with Crippen molar-refractivity contribution in [3.63, 3.8) is 0 Å². The Hall–Kier alpha value is -3.72. The van der Waals surface area contributed by atoms with Gasteiger partial charge >= 0.3 is 5.97 Å². The van der Waals surface area contributed by atoms with E-state index in [0.717, 1.165) is 0 Å². The smallest absolute Gasteiger partial charge is 0.376 e. The van der Waals surface area contributed by atoms with Crippen LogP contribution in [-0.4, -0.2) is 36.8 Å². The molecule has 0 aliphatic carbocycles. The van der Waals surface area contributed by atoms with E-state index in [1.807, 2.05) is 18.2 Å². The van der Waals surface area contributed by atoms with Crippen molar-refractivity contribution in [1.82, 2.24) is 19.2 Å². The van der Waals surface area contributed by atoms with Crippen LogP contribution < -0.4 is 0 Å². The lowest BCUT2D eigenvalue weighted by Gasteiger charge is -2.00. The first-order valence-corrected chi connectivity index (χ1v) is 9.06. The van der Waals surface area contributed by atoms with Crippen molar-refractivity contribution in [2.24, 2.45) is 10.2 Å². The number of esters is 1. The predicted octanol–water partition coefficient (Wildman–Crippen LogP) is 4.47. The molecule has 2 aromatic heterocycles. The summed E-state index contributed by atoms with van der Waals surface area (Å²) in [6.07, 6.45) is 0. The number of imidazole rings is 1. The number of aromatic nitrogens is 4. The Kier molecular flexibility index (Phi) is 4.96. The second-order valence-electron chi connectivity index (χ2n) is 5.86. The summed E-state index contributed by atoms with van der Waals surface area (Å²) in [6, 6.07) is 15.7. The molecule has 0 amide bonds. The second kappa shape index (κ2) is 7.72. The van der Waals surface area contributed by atoms with Crippen LogP contribution in [0.25, 0.3) is 11.5 Å². The van der Waals surface area contributed by atoms with Gasteiger partial charge in [-0.15, -0.1) is 15.3 Å². The summed E-state index contributed by atoms with van der Waals surface area (Å²) >= 11 is 5.95. The maximum atomic E-state index is 12.5. The molecule has 0 atom stereocenters. The van der Waals surface area contributed by atoms with Gasteiger partial charge in [-0.1, -0.05) is 29.8 Å². The summed E-state index contributed by atoms with van der Waals surface area (Å²) in [6.45, 7) is 1.85. The fourth-order valence-corrected chi connectivity index (χ4v) is 2.81. The highest BCUT2D eigenvalue weighted by atomic mass is 35.5. The molecule has 0 saturated heterocycles. The topological polar surface area (TPSA) is 106 Å². The van der Waals surface area contributed by atoms with E-state index in [9.17, 15) is 9.90 Å². The molecule has 2 heterocycles. The van der Waals surface area contributed by atoms with Gasteiger partial charge in [-0.2, -0.15) is 9.67 Å². The molecule has 0 saturated carbocycles. The Labute approximate surface area is 169 Å². The molecule has 29 heavy (non-hydrogen) atoms. The number of ether oxygens (including phenoxy) is 1. The van der Waals surface area contributed by atoms with Crippen LogP contribution in [0.1, 0.15) is 17.5 Å². The largest absolute Gasteiger partial charge is 0.491 e. The van der Waals surface area contributed by atoms with Gasteiger partial charge in [0.05, 0.1) is 18.0 Å². The Balaban J connectivity index is 1.90. The van der Waals surface area contributed by atoms with E-state index in [1.54, 1.807) is 43.3 Å². The summed E-state index contributed by atoms with van der Waals surface area (Å²) in [4.78, 5) is 16.6. The minimum absolute atomic E-state index is 0.0351. The van der Waals surface area contributed by atoms with Gasteiger partial charge in [-0.25, -0.2) is 9.20 Å². The Bertz CT molecular complexity index is 1200. The summed E-state index contributed by atoms with van der Waals surface area (Å²) in [7, 11) is 0. The molecular weight excluding hydrogens is 396 g/mol. The van der Waals surface area contributed by atoms with Crippen molar-refractivity contribution in [3.8, 4) is 11.6 Å². The first-order valence-electron chi connectivity index (χ1n) is 8.68. The van der Waals surface area contributed by atoms with Gasteiger partial charge in [-0.05, 0) is 43.3 Å². The highest BCUT2D eigenvalue weighted by Gasteiger charge is 2.26. The lowest BCUT2D eigenvalue weighted by molar-refractivity contribution is 0.0510. The third kappa shape index (κ3) is 3.55. The number of hydrogen-bond donors (Lipinski definition) is 1. The van der Waals surface area contributed by atoms with E-state index in [0.29, 0.717) is 16.4 Å². The van der Waals surface area contributed by atoms with Crippen LogP contribution in [-0.2, 0) is 4.74 Å². The quantitative estimate of drug-likeness (QED) is 0.386. The number of halogens is 1. The lowest BCUT2D eigenvalue weighted by atomic mass is 10.3. The predicted molar refractivity (Wildman–Crippen MR) is 106 cm³/mol. The molecule has 146 valence electrons. The van der Waals surface area contributed by atoms with Gasteiger partial charge in [0.2, 0.25) is 17.4 Å². The molecule has 4 aromatic rings. The molecule has 0 fully saturated rings. The van der Waals surface area contributed by atoms with Crippen molar-refractivity contribution in [2.45, 2.75) is 6.92 Å². The number of carbonyl (C=O) groups is 1. The van der Waals surface area contributed by atoms with Crippen molar-refractivity contribution in [3.05, 3.63) is 65.4 Å². The van der Waals surface area contributed by atoms with Crippen molar-refractivity contribution in [2.75, 3.05) is 6.61 Å². The SMILES string of the molecule is CCOC(=O)c1nn(-c2ccc(Cl)cc2)c2nc(O)c(N=Nc3ccccc3)n12. The highest BCUT2D eigenvalue weighted by Crippen LogP contribution is 2.31. The molecule has 10 heteroatoms. The monoisotopic (exact) mass is 410 g/mol. The summed E-state index contributed by atoms with van der Waals surface area (Å²) in [5.74, 6) is -1.03. The summed E-state index contributed by atoms with van der Waals surface area (Å²) < 4.78 is 7.79. The van der Waals surface area contributed by atoms with Crippen molar-refractivity contribution >= 4 is 34.9 Å². The Morgan fingerprint density at radius 2 is 1.86 bits per heavy atom. The maximum Gasteiger partial charge on any atom is 0.376 e. The van der Waals surface area contributed by atoms with Crippen LogP contribution in [0.15, 0.2) is 64.8 Å². The average Bonchev–Trinajstić information content (AvgIpc) is 3.24. The molecule has 1 N–H and O–H groups in total. The molecule has 0 aliphatic rings. The fraction of sp³-hybridized carbons (Fsp3) is 0.105. The van der Waals surface area contributed by atoms with Gasteiger partial charge in [0.25, 0.3) is 5.88 Å². The first kappa shape index (κ1) is 18.6. The third-order valence-corrected chi connectivity index (χ3v) is 4.21. The third-order valence-electron chi connectivity index (χ3n) is 3.96. The fourth-order valence-electron chi connectivity index (χ4n) is 2.68. The zero-order valence-corrected chi connectivity index (χ0v) is 16.0. The molecule has 0 unspecified atom stereocenters. The van der Waals surface area contributed by atoms with Crippen LogP contribution >= 0.6 is 11.6 Å². The van der Waals surface area contributed by atoms with E-state index < -0.39 is 11.8 Å². The minimum Gasteiger partial charge on any atom is -0.491 e. The Morgan fingerprint density at radius 3 is 2.55 bits per heavy atom. The van der Waals surface area contributed by atoms with E-state index in [-0.39, 0.29) is 24.0 Å². The molecular formula is C19H15ClN6O3. The zero-order valence-electron chi connectivity index (χ0n) is 15.2. The van der Waals surface area contributed by atoms with Gasteiger partial charge in [0.15, 0.2) is 0 Å². The highest BCUT2D eigenvalue weighted by molar-refractivity contribution is 6.30. The molecule has 0 radical (unpaired) electrons. The van der Waals surface area contributed by atoms with Crippen LogP contribution in [0.3, 0.4) is 0 Å². The molecule has 0 aliphatic heterocycles. The van der Waals surface area contributed by atoms with Crippen molar-refractivity contribution < 1.29 is 14.6 Å². The standard InChI is InChI=1S/C19H15ClN6O3/c1-2-29-18(28)16-24-26(14-10-8-12(20)9-11-14)19-21-17(27)15(25(16)19)23-22-13-6-4-3-5-7-13/h3-11,27H,2H2,1H3. The lowest BCUT2D eigenvalue weighted by Crippen LogP contribution is -2.09. The Morgan fingerprint density at radius 1 is 1.14 bits per heavy atom. The first-order chi connectivity index (χ1) is 14.1. The number of azo groups is 1. The number of rotatable bonds is 5. The number of aromatic hydroxyl groups is 1. The van der Waals surface area contributed by atoms with Gasteiger partial charge in [0.1, 0.15) is 0 Å². The number of nitrogens with zero attached hydrogens (tertiary/aromatic N) is 6. The van der Waals surface area contributed by atoms with Crippen LogP contribution in [0, 0.1) is 0 Å². The maximum absolute atomic E-state index is 12.5. The number of hydrogen-bond acceptors (Lipinski definition) is 7. The number of benzene rings is 2. The van der Waals surface area contributed by atoms with Gasteiger partial charge < -0.3 is 9.84 Å². The number of fused-ring (bicyclic) bond motifs is 1. The summed E-state index contributed by atoms with van der Waals surface area (Å²) in [5, 5.41) is 23.4. The van der Waals surface area contributed by atoms with E-state index in [4.69, 9.17) is 16.3 Å². The van der Waals surface area contributed by atoms with Crippen LogP contribution in [0.2, 0.25) is 5.02 Å². The molecule has 2 aromatic carbocycles. The van der Waals surface area contributed by atoms with Gasteiger partial charge in [0, 0.05) is 5.02 Å². The van der Waals surface area contributed by atoms with Crippen molar-refractivity contribution in [1.29, 1.82) is 0 Å².